The second-order valence-electron chi connectivity index (χ2n) is 7.21. The predicted molar refractivity (Wildman–Crippen MR) is 118 cm³/mol. The van der Waals surface area contributed by atoms with Gasteiger partial charge in [-0.15, -0.1) is 0 Å². The van der Waals surface area contributed by atoms with E-state index in [9.17, 15) is 9.59 Å². The molecule has 0 saturated carbocycles. The van der Waals surface area contributed by atoms with Gasteiger partial charge in [-0.1, -0.05) is 60.7 Å². The summed E-state index contributed by atoms with van der Waals surface area (Å²) < 4.78 is 11.4. The van der Waals surface area contributed by atoms with Crippen LogP contribution in [0.2, 0.25) is 0 Å². The largest absolute Gasteiger partial charge is 0.489 e. The van der Waals surface area contributed by atoms with E-state index in [1.54, 1.807) is 4.90 Å². The molecule has 0 aromatic heterocycles. The molecule has 0 saturated heterocycles. The number of anilines is 1. The summed E-state index contributed by atoms with van der Waals surface area (Å²) in [5.41, 5.74) is 2.68. The third kappa shape index (κ3) is 5.22. The maximum absolute atomic E-state index is 12.4. The van der Waals surface area contributed by atoms with Crippen LogP contribution in [0.25, 0.3) is 0 Å². The van der Waals surface area contributed by atoms with Crippen molar-refractivity contribution < 1.29 is 19.1 Å². The Hall–Kier alpha value is -3.80. The van der Waals surface area contributed by atoms with E-state index in [2.05, 4.69) is 5.32 Å². The number of hydrogen-bond donors (Lipinski definition) is 1. The fourth-order valence-corrected chi connectivity index (χ4v) is 3.42. The van der Waals surface area contributed by atoms with E-state index < -0.39 is 0 Å². The summed E-state index contributed by atoms with van der Waals surface area (Å²) >= 11 is 0. The van der Waals surface area contributed by atoms with Crippen molar-refractivity contribution in [2.75, 3.05) is 18.1 Å². The van der Waals surface area contributed by atoms with Crippen LogP contribution in [0.3, 0.4) is 0 Å². The zero-order valence-electron chi connectivity index (χ0n) is 17.1. The van der Waals surface area contributed by atoms with Crippen LogP contribution in [-0.2, 0) is 22.7 Å². The highest BCUT2D eigenvalue weighted by molar-refractivity contribution is 5.98. The van der Waals surface area contributed by atoms with Crippen LogP contribution < -0.4 is 19.7 Å². The normalized spacial score (nSPS) is 12.6. The van der Waals surface area contributed by atoms with Crippen molar-refractivity contribution in [3.8, 4) is 11.5 Å². The van der Waals surface area contributed by atoms with Crippen LogP contribution in [0, 0.1) is 0 Å². The number of fused-ring (bicyclic) bond motifs is 1. The number of nitrogens with one attached hydrogen (secondary N) is 1. The lowest BCUT2D eigenvalue weighted by Crippen LogP contribution is -2.41. The van der Waals surface area contributed by atoms with Crippen molar-refractivity contribution in [1.29, 1.82) is 0 Å². The summed E-state index contributed by atoms with van der Waals surface area (Å²) in [6.07, 6.45) is 0.202. The molecule has 0 unspecified atom stereocenters. The highest BCUT2D eigenvalue weighted by atomic mass is 16.5. The van der Waals surface area contributed by atoms with E-state index in [0.717, 1.165) is 16.9 Å². The topological polar surface area (TPSA) is 67.9 Å². The maximum atomic E-state index is 12.4. The first kappa shape index (κ1) is 20.5. The Balaban J connectivity index is 1.31. The molecule has 0 spiro atoms. The Kier molecular flexibility index (Phi) is 6.47. The predicted octanol–water partition coefficient (Wildman–Crippen LogP) is 3.70. The van der Waals surface area contributed by atoms with Crippen molar-refractivity contribution in [2.24, 2.45) is 0 Å². The van der Waals surface area contributed by atoms with Gasteiger partial charge in [-0.3, -0.25) is 9.59 Å². The molecule has 3 aromatic carbocycles. The van der Waals surface area contributed by atoms with Crippen LogP contribution in [-0.4, -0.2) is 25.0 Å². The smallest absolute Gasteiger partial charge is 0.265 e. The molecule has 1 aliphatic heterocycles. The summed E-state index contributed by atoms with van der Waals surface area (Å²) in [6, 6.07) is 24.9. The third-order valence-corrected chi connectivity index (χ3v) is 5.06. The number of amides is 2. The average molecular weight is 416 g/mol. The van der Waals surface area contributed by atoms with Gasteiger partial charge in [0.1, 0.15) is 18.1 Å². The van der Waals surface area contributed by atoms with Crippen LogP contribution in [0.4, 0.5) is 5.69 Å². The van der Waals surface area contributed by atoms with Crippen molar-refractivity contribution in [1.82, 2.24) is 5.32 Å². The molecule has 0 aliphatic carbocycles. The molecule has 0 atom stereocenters. The number of nitrogens with zero attached hydrogens (tertiary/aromatic N) is 1. The number of carbonyl (C=O) groups excluding carboxylic acids is 2. The van der Waals surface area contributed by atoms with Gasteiger partial charge in [0.05, 0.1) is 5.69 Å². The monoisotopic (exact) mass is 416 g/mol. The summed E-state index contributed by atoms with van der Waals surface area (Å²) in [5.74, 6) is 1.12. The standard InChI is InChI=1S/C25H24N2O4/c28-24(14-15-27-21-11-5-7-13-23(21)31-18-25(27)29)26-16-20-10-4-6-12-22(20)30-17-19-8-2-1-3-9-19/h1-13H,14-18H2,(H,26,28). The molecule has 31 heavy (non-hydrogen) atoms. The van der Waals surface area contributed by atoms with Gasteiger partial charge < -0.3 is 19.7 Å². The summed E-state index contributed by atoms with van der Waals surface area (Å²) in [5, 5.41) is 2.93. The molecule has 158 valence electrons. The number of para-hydroxylation sites is 3. The fraction of sp³-hybridized carbons (Fsp3) is 0.200. The highest BCUT2D eigenvalue weighted by Gasteiger charge is 2.25. The Morgan fingerprint density at radius 3 is 2.58 bits per heavy atom. The molecular formula is C25H24N2O4. The number of hydrogen-bond acceptors (Lipinski definition) is 4. The van der Waals surface area contributed by atoms with Gasteiger partial charge in [-0.2, -0.15) is 0 Å². The summed E-state index contributed by atoms with van der Waals surface area (Å²) in [7, 11) is 0. The first-order valence-corrected chi connectivity index (χ1v) is 10.2. The Morgan fingerprint density at radius 1 is 0.968 bits per heavy atom. The first-order valence-electron chi connectivity index (χ1n) is 10.2. The zero-order valence-corrected chi connectivity index (χ0v) is 17.1. The molecular weight excluding hydrogens is 392 g/mol. The molecule has 0 fully saturated rings. The molecule has 1 heterocycles. The molecule has 1 N–H and O–H groups in total. The molecule has 6 nitrogen and oxygen atoms in total. The molecule has 3 aromatic rings. The number of carbonyl (C=O) groups is 2. The minimum atomic E-state index is -0.147. The van der Waals surface area contributed by atoms with Crippen molar-refractivity contribution in [2.45, 2.75) is 19.6 Å². The van der Waals surface area contributed by atoms with E-state index in [-0.39, 0.29) is 24.8 Å². The SMILES string of the molecule is O=C(CCN1C(=O)COc2ccccc21)NCc1ccccc1OCc1ccccc1. The second-order valence-corrected chi connectivity index (χ2v) is 7.21. The van der Waals surface area contributed by atoms with Crippen LogP contribution in [0.1, 0.15) is 17.5 Å². The van der Waals surface area contributed by atoms with Crippen LogP contribution >= 0.6 is 0 Å². The van der Waals surface area contributed by atoms with Crippen LogP contribution in [0.5, 0.6) is 11.5 Å². The third-order valence-electron chi connectivity index (χ3n) is 5.06. The number of rotatable bonds is 8. The second kappa shape index (κ2) is 9.80. The fourth-order valence-electron chi connectivity index (χ4n) is 3.42. The number of benzene rings is 3. The first-order chi connectivity index (χ1) is 15.2. The lowest BCUT2D eigenvalue weighted by molar-refractivity contribution is -0.122. The van der Waals surface area contributed by atoms with E-state index in [1.165, 1.54) is 0 Å². The van der Waals surface area contributed by atoms with Gasteiger partial charge in [0, 0.05) is 25.1 Å². The average Bonchev–Trinajstić information content (AvgIpc) is 2.82. The van der Waals surface area contributed by atoms with Gasteiger partial charge in [-0.05, 0) is 23.8 Å². The van der Waals surface area contributed by atoms with Gasteiger partial charge in [0.2, 0.25) is 5.91 Å². The van der Waals surface area contributed by atoms with E-state index in [0.29, 0.717) is 31.1 Å². The lowest BCUT2D eigenvalue weighted by atomic mass is 10.2. The minimum absolute atomic E-state index is 0.00917. The van der Waals surface area contributed by atoms with Gasteiger partial charge in [-0.25, -0.2) is 0 Å². The Bertz CT molecular complexity index is 1050. The summed E-state index contributed by atoms with van der Waals surface area (Å²) in [6.45, 7) is 1.11. The Morgan fingerprint density at radius 2 is 1.71 bits per heavy atom. The highest BCUT2D eigenvalue weighted by Crippen LogP contribution is 2.31. The minimum Gasteiger partial charge on any atom is -0.489 e. The number of ether oxygens (including phenoxy) is 2. The van der Waals surface area contributed by atoms with Gasteiger partial charge in [0.15, 0.2) is 6.61 Å². The molecule has 0 bridgehead atoms. The van der Waals surface area contributed by atoms with Crippen molar-refractivity contribution in [3.05, 3.63) is 90.0 Å². The molecule has 1 aliphatic rings. The van der Waals surface area contributed by atoms with Crippen molar-refractivity contribution in [3.63, 3.8) is 0 Å². The van der Waals surface area contributed by atoms with Gasteiger partial charge in [0.25, 0.3) is 5.91 Å². The van der Waals surface area contributed by atoms with E-state index >= 15 is 0 Å². The maximum Gasteiger partial charge on any atom is 0.265 e. The lowest BCUT2D eigenvalue weighted by Gasteiger charge is -2.29. The van der Waals surface area contributed by atoms with Crippen molar-refractivity contribution >= 4 is 17.5 Å². The zero-order chi connectivity index (χ0) is 21.5. The van der Waals surface area contributed by atoms with Gasteiger partial charge >= 0.3 is 0 Å². The molecule has 4 rings (SSSR count). The van der Waals surface area contributed by atoms with E-state index in [4.69, 9.17) is 9.47 Å². The quantitative estimate of drug-likeness (QED) is 0.608. The Labute approximate surface area is 181 Å². The molecule has 0 radical (unpaired) electrons. The molecule has 2 amide bonds. The van der Waals surface area contributed by atoms with Crippen LogP contribution in [0.15, 0.2) is 78.9 Å². The summed E-state index contributed by atoms with van der Waals surface area (Å²) in [4.78, 5) is 26.3. The van der Waals surface area contributed by atoms with E-state index in [1.807, 2.05) is 78.9 Å². The molecule has 6 heteroatoms.